The number of aromatic nitrogens is 2. The zero-order valence-electron chi connectivity index (χ0n) is 16.1. The third-order valence-electron chi connectivity index (χ3n) is 4.66. The number of imidazole rings is 1. The summed E-state index contributed by atoms with van der Waals surface area (Å²) in [5.74, 6) is -0.672. The average Bonchev–Trinajstić information content (AvgIpc) is 2.99. The number of carboxylic acid groups (broad SMARTS) is 1. The molecule has 0 fully saturated rings. The molecule has 2 aromatic heterocycles. The number of carbonyl (C=O) groups is 2. The van der Waals surface area contributed by atoms with Crippen molar-refractivity contribution in [2.24, 2.45) is 5.92 Å². The van der Waals surface area contributed by atoms with Crippen molar-refractivity contribution in [2.75, 3.05) is 6.61 Å². The Morgan fingerprint density at radius 2 is 1.89 bits per heavy atom. The van der Waals surface area contributed by atoms with E-state index in [4.69, 9.17) is 4.74 Å². The van der Waals surface area contributed by atoms with E-state index in [9.17, 15) is 14.7 Å². The standard InChI is InChI=1S/C22H24N2O4/c1-3-28-19-10-7-11-24-21(15(2)23-22(19)24)18(25)13-17(14-20(26)27)12-16-8-5-4-6-9-16/h4-11,17H,3,12-14H2,1-2H3,(H,26,27)/t17-/m0/s1. The first kappa shape index (κ1) is 19.6. The summed E-state index contributed by atoms with van der Waals surface area (Å²) >= 11 is 0. The summed E-state index contributed by atoms with van der Waals surface area (Å²) in [6.07, 6.45) is 2.42. The number of aryl methyl sites for hydroxylation is 1. The Morgan fingerprint density at radius 1 is 1.14 bits per heavy atom. The van der Waals surface area contributed by atoms with Crippen molar-refractivity contribution in [1.82, 2.24) is 9.38 Å². The van der Waals surface area contributed by atoms with Crippen LogP contribution in [0.15, 0.2) is 48.7 Å². The summed E-state index contributed by atoms with van der Waals surface area (Å²) in [5, 5.41) is 9.28. The molecule has 28 heavy (non-hydrogen) atoms. The number of carbonyl (C=O) groups excluding carboxylic acids is 1. The van der Waals surface area contributed by atoms with Gasteiger partial charge in [0.2, 0.25) is 0 Å². The predicted molar refractivity (Wildman–Crippen MR) is 106 cm³/mol. The predicted octanol–water partition coefficient (Wildman–Crippen LogP) is 3.95. The highest BCUT2D eigenvalue weighted by molar-refractivity contribution is 5.97. The van der Waals surface area contributed by atoms with Gasteiger partial charge in [0.25, 0.3) is 0 Å². The van der Waals surface area contributed by atoms with Gasteiger partial charge in [-0.05, 0) is 43.9 Å². The molecule has 0 saturated heterocycles. The third-order valence-corrected chi connectivity index (χ3v) is 4.66. The quantitative estimate of drug-likeness (QED) is 0.569. The topological polar surface area (TPSA) is 80.9 Å². The molecule has 3 aromatic rings. The Balaban J connectivity index is 1.88. The fourth-order valence-corrected chi connectivity index (χ4v) is 3.53. The number of ketones is 1. The second kappa shape index (κ2) is 8.69. The minimum Gasteiger partial charge on any atom is -0.490 e. The van der Waals surface area contributed by atoms with Crippen molar-refractivity contribution in [2.45, 2.75) is 33.1 Å². The van der Waals surface area contributed by atoms with Crippen LogP contribution in [0.25, 0.3) is 5.65 Å². The van der Waals surface area contributed by atoms with Gasteiger partial charge in [-0.15, -0.1) is 0 Å². The van der Waals surface area contributed by atoms with E-state index in [1.165, 1.54) is 0 Å². The Labute approximate surface area is 163 Å². The van der Waals surface area contributed by atoms with Gasteiger partial charge in [-0.1, -0.05) is 30.3 Å². The summed E-state index contributed by atoms with van der Waals surface area (Å²) in [4.78, 5) is 28.9. The summed E-state index contributed by atoms with van der Waals surface area (Å²) in [7, 11) is 0. The first-order valence-corrected chi connectivity index (χ1v) is 9.39. The van der Waals surface area contributed by atoms with Gasteiger partial charge in [-0.2, -0.15) is 0 Å². The van der Waals surface area contributed by atoms with Gasteiger partial charge in [-0.25, -0.2) is 4.98 Å². The summed E-state index contributed by atoms with van der Waals surface area (Å²) in [6, 6.07) is 13.3. The van der Waals surface area contributed by atoms with Crippen molar-refractivity contribution in [3.63, 3.8) is 0 Å². The van der Waals surface area contributed by atoms with Crippen LogP contribution in [-0.2, 0) is 11.2 Å². The van der Waals surface area contributed by atoms with E-state index in [0.29, 0.717) is 35.8 Å². The number of benzene rings is 1. The molecule has 6 nitrogen and oxygen atoms in total. The summed E-state index contributed by atoms with van der Waals surface area (Å²) < 4.78 is 7.35. The molecule has 0 radical (unpaired) electrons. The van der Waals surface area contributed by atoms with E-state index in [1.807, 2.05) is 49.4 Å². The van der Waals surface area contributed by atoms with Gasteiger partial charge >= 0.3 is 5.97 Å². The monoisotopic (exact) mass is 380 g/mol. The zero-order chi connectivity index (χ0) is 20.1. The molecule has 0 bridgehead atoms. The molecule has 1 N–H and O–H groups in total. The minimum absolute atomic E-state index is 0.0549. The molecule has 1 atom stereocenters. The smallest absolute Gasteiger partial charge is 0.303 e. The van der Waals surface area contributed by atoms with Crippen LogP contribution < -0.4 is 4.74 Å². The maximum Gasteiger partial charge on any atom is 0.303 e. The number of pyridine rings is 1. The lowest BCUT2D eigenvalue weighted by molar-refractivity contribution is -0.138. The number of hydrogen-bond donors (Lipinski definition) is 1. The number of hydrogen-bond acceptors (Lipinski definition) is 4. The van der Waals surface area contributed by atoms with Crippen molar-refractivity contribution in [3.8, 4) is 5.75 Å². The maximum absolute atomic E-state index is 13.1. The van der Waals surface area contributed by atoms with Crippen LogP contribution in [0.5, 0.6) is 5.75 Å². The number of Topliss-reactive ketones (excluding diaryl/α,β-unsaturated/α-hetero) is 1. The first-order valence-electron chi connectivity index (χ1n) is 9.39. The zero-order valence-corrected chi connectivity index (χ0v) is 16.1. The maximum atomic E-state index is 13.1. The normalized spacial score (nSPS) is 12.1. The van der Waals surface area contributed by atoms with Gasteiger partial charge in [0, 0.05) is 19.0 Å². The number of nitrogens with zero attached hydrogens (tertiary/aromatic N) is 2. The van der Waals surface area contributed by atoms with E-state index in [-0.39, 0.29) is 24.5 Å². The molecule has 1 aromatic carbocycles. The van der Waals surface area contributed by atoms with E-state index in [2.05, 4.69) is 4.98 Å². The lowest BCUT2D eigenvalue weighted by Crippen LogP contribution is -2.17. The molecular formula is C22H24N2O4. The molecule has 0 aliphatic carbocycles. The van der Waals surface area contributed by atoms with Gasteiger partial charge in [0.1, 0.15) is 5.69 Å². The molecule has 0 aliphatic rings. The van der Waals surface area contributed by atoms with Crippen LogP contribution in [0.3, 0.4) is 0 Å². The average molecular weight is 380 g/mol. The van der Waals surface area contributed by atoms with Crippen molar-refractivity contribution in [3.05, 3.63) is 65.6 Å². The van der Waals surface area contributed by atoms with Gasteiger partial charge in [-0.3, -0.25) is 14.0 Å². The fraction of sp³-hybridized carbons (Fsp3) is 0.318. The second-order valence-electron chi connectivity index (χ2n) is 6.83. The van der Waals surface area contributed by atoms with Crippen LogP contribution in [0.4, 0.5) is 0 Å². The number of ether oxygens (including phenoxy) is 1. The van der Waals surface area contributed by atoms with E-state index in [1.54, 1.807) is 17.5 Å². The van der Waals surface area contributed by atoms with E-state index < -0.39 is 5.97 Å². The highest BCUT2D eigenvalue weighted by Crippen LogP contribution is 2.25. The first-order chi connectivity index (χ1) is 13.5. The minimum atomic E-state index is -0.901. The molecule has 0 aliphatic heterocycles. The molecule has 146 valence electrons. The van der Waals surface area contributed by atoms with E-state index >= 15 is 0 Å². The fourth-order valence-electron chi connectivity index (χ4n) is 3.53. The Hall–Kier alpha value is -3.15. The Bertz CT molecular complexity index is 979. The highest BCUT2D eigenvalue weighted by Gasteiger charge is 2.24. The molecular weight excluding hydrogens is 356 g/mol. The van der Waals surface area contributed by atoms with Gasteiger partial charge in [0.05, 0.1) is 12.3 Å². The van der Waals surface area contributed by atoms with Crippen molar-refractivity contribution < 1.29 is 19.4 Å². The van der Waals surface area contributed by atoms with Gasteiger partial charge < -0.3 is 9.84 Å². The number of aliphatic carboxylic acids is 1. The van der Waals surface area contributed by atoms with E-state index in [0.717, 1.165) is 5.56 Å². The third kappa shape index (κ3) is 4.39. The molecule has 2 heterocycles. The summed E-state index contributed by atoms with van der Waals surface area (Å²) in [5.41, 5.74) is 2.73. The van der Waals surface area contributed by atoms with Crippen LogP contribution in [0.2, 0.25) is 0 Å². The van der Waals surface area contributed by atoms with Crippen molar-refractivity contribution >= 4 is 17.4 Å². The Kier molecular flexibility index (Phi) is 6.09. The largest absolute Gasteiger partial charge is 0.490 e. The lowest BCUT2D eigenvalue weighted by Gasteiger charge is -2.14. The molecule has 0 spiro atoms. The number of fused-ring (bicyclic) bond motifs is 1. The SMILES string of the molecule is CCOc1cccn2c(C(=O)C[C@@H](CC(=O)O)Cc3ccccc3)c(C)nc12. The number of rotatable bonds is 9. The van der Waals surface area contributed by atoms with Crippen LogP contribution in [0, 0.1) is 12.8 Å². The van der Waals surface area contributed by atoms with Crippen molar-refractivity contribution in [1.29, 1.82) is 0 Å². The molecule has 0 unspecified atom stereocenters. The highest BCUT2D eigenvalue weighted by atomic mass is 16.5. The molecule has 0 saturated carbocycles. The second-order valence-corrected chi connectivity index (χ2v) is 6.83. The lowest BCUT2D eigenvalue weighted by atomic mass is 9.90. The summed E-state index contributed by atoms with van der Waals surface area (Å²) in [6.45, 7) is 4.19. The molecule has 3 rings (SSSR count). The van der Waals surface area contributed by atoms with Crippen LogP contribution >= 0.6 is 0 Å². The van der Waals surface area contributed by atoms with Gasteiger partial charge in [0.15, 0.2) is 17.2 Å². The van der Waals surface area contributed by atoms with Crippen LogP contribution in [0.1, 0.15) is 41.5 Å². The Morgan fingerprint density at radius 3 is 2.57 bits per heavy atom. The number of carboxylic acids is 1. The van der Waals surface area contributed by atoms with Crippen LogP contribution in [-0.4, -0.2) is 32.9 Å². The molecule has 0 amide bonds. The molecule has 6 heteroatoms.